The van der Waals surface area contributed by atoms with Gasteiger partial charge in [-0.25, -0.2) is 9.59 Å². The fourth-order valence-electron chi connectivity index (χ4n) is 2.97. The van der Waals surface area contributed by atoms with E-state index in [-0.39, 0.29) is 23.6 Å². The van der Waals surface area contributed by atoms with Crippen LogP contribution in [0, 0.1) is 0 Å². The molecule has 0 unspecified atom stereocenters. The van der Waals surface area contributed by atoms with Gasteiger partial charge in [0.25, 0.3) is 0 Å². The molecule has 0 aliphatic rings. The normalized spacial score (nSPS) is 10.2. The third-order valence-corrected chi connectivity index (χ3v) is 4.78. The Labute approximate surface area is 182 Å². The van der Waals surface area contributed by atoms with Crippen molar-refractivity contribution in [3.63, 3.8) is 0 Å². The molecule has 164 valence electrons. The first-order valence-corrected chi connectivity index (χ1v) is 9.95. The van der Waals surface area contributed by atoms with Gasteiger partial charge >= 0.3 is 12.1 Å². The Kier molecular flexibility index (Phi) is 8.31. The van der Waals surface area contributed by atoms with Gasteiger partial charge in [0.1, 0.15) is 0 Å². The molecular formula is C23H28N4O4. The molecule has 0 spiro atoms. The van der Waals surface area contributed by atoms with Gasteiger partial charge in [0.2, 0.25) is 0 Å². The van der Waals surface area contributed by atoms with Gasteiger partial charge in [-0.3, -0.25) is 9.59 Å². The number of ketones is 2. The van der Waals surface area contributed by atoms with E-state index in [1.54, 1.807) is 62.6 Å². The smallest absolute Gasteiger partial charge is 0.321 e. The zero-order chi connectivity index (χ0) is 23.0. The highest BCUT2D eigenvalue weighted by atomic mass is 16.2. The van der Waals surface area contributed by atoms with Crippen LogP contribution in [0.5, 0.6) is 0 Å². The number of nitrogens with zero attached hydrogens (tertiary/aromatic N) is 2. The molecule has 2 rings (SSSR count). The Morgan fingerprint density at radius 3 is 1.39 bits per heavy atom. The van der Waals surface area contributed by atoms with Gasteiger partial charge in [-0.05, 0) is 44.5 Å². The number of benzene rings is 2. The number of urea groups is 2. The molecule has 2 aromatic carbocycles. The summed E-state index contributed by atoms with van der Waals surface area (Å²) in [6.07, 6.45) is 0.552. The van der Waals surface area contributed by atoms with Crippen molar-refractivity contribution in [3.05, 3.63) is 59.7 Å². The number of hydrogen-bond donors (Lipinski definition) is 2. The number of amides is 4. The third-order valence-electron chi connectivity index (χ3n) is 4.78. The number of hydrogen-bond acceptors (Lipinski definition) is 4. The fraction of sp³-hybridized carbons (Fsp3) is 0.304. The average molecular weight is 425 g/mol. The van der Waals surface area contributed by atoms with Gasteiger partial charge < -0.3 is 20.4 Å². The van der Waals surface area contributed by atoms with Crippen LogP contribution in [-0.4, -0.2) is 60.6 Å². The van der Waals surface area contributed by atoms with Gasteiger partial charge in [0, 0.05) is 38.3 Å². The van der Waals surface area contributed by atoms with Crippen LogP contribution in [0.4, 0.5) is 21.0 Å². The van der Waals surface area contributed by atoms with Crippen LogP contribution in [0.3, 0.4) is 0 Å². The monoisotopic (exact) mass is 424 g/mol. The maximum Gasteiger partial charge on any atom is 0.321 e. The lowest BCUT2D eigenvalue weighted by Crippen LogP contribution is -2.36. The van der Waals surface area contributed by atoms with Crippen LogP contribution in [0.25, 0.3) is 0 Å². The van der Waals surface area contributed by atoms with E-state index in [2.05, 4.69) is 10.6 Å². The van der Waals surface area contributed by atoms with Crippen molar-refractivity contribution in [3.8, 4) is 0 Å². The molecule has 2 aromatic rings. The highest BCUT2D eigenvalue weighted by Gasteiger charge is 2.15. The average Bonchev–Trinajstić information content (AvgIpc) is 2.73. The molecule has 0 atom stereocenters. The quantitative estimate of drug-likeness (QED) is 0.623. The predicted octanol–water partition coefficient (Wildman–Crippen LogP) is 4.11. The minimum atomic E-state index is -0.337. The zero-order valence-corrected chi connectivity index (χ0v) is 18.3. The Hall–Kier alpha value is -3.68. The van der Waals surface area contributed by atoms with E-state index in [0.29, 0.717) is 42.0 Å². The number of rotatable bonds is 8. The number of anilines is 2. The maximum absolute atomic E-state index is 12.4. The minimum Gasteiger partial charge on any atom is -0.328 e. The van der Waals surface area contributed by atoms with Crippen LogP contribution in [-0.2, 0) is 0 Å². The summed E-state index contributed by atoms with van der Waals surface area (Å²) in [5.41, 5.74) is 1.83. The Balaban J connectivity index is 1.84. The summed E-state index contributed by atoms with van der Waals surface area (Å²) in [6.45, 7) is 3.72. The highest BCUT2D eigenvalue weighted by Crippen LogP contribution is 2.17. The molecule has 2 N–H and O–H groups in total. The number of carbonyl (C=O) groups is 4. The molecule has 8 heteroatoms. The van der Waals surface area contributed by atoms with Gasteiger partial charge in [0.05, 0.1) is 11.4 Å². The molecule has 0 fully saturated rings. The summed E-state index contributed by atoms with van der Waals surface area (Å²) >= 11 is 0. The summed E-state index contributed by atoms with van der Waals surface area (Å²) in [7, 11) is 3.30. The topological polar surface area (TPSA) is 98.8 Å². The van der Waals surface area contributed by atoms with Crippen LogP contribution < -0.4 is 10.6 Å². The van der Waals surface area contributed by atoms with Gasteiger partial charge in [-0.1, -0.05) is 24.3 Å². The summed E-state index contributed by atoms with van der Waals surface area (Å²) in [5.74, 6) is -0.255. The number of nitrogens with one attached hydrogen (secondary N) is 2. The molecule has 8 nitrogen and oxygen atoms in total. The molecule has 4 amide bonds. The summed E-state index contributed by atoms with van der Waals surface area (Å²) in [6, 6.07) is 13.0. The first-order chi connectivity index (χ1) is 14.7. The Bertz CT molecular complexity index is 896. The summed E-state index contributed by atoms with van der Waals surface area (Å²) < 4.78 is 0. The minimum absolute atomic E-state index is 0.127. The lowest BCUT2D eigenvalue weighted by Gasteiger charge is -2.22. The molecule has 0 saturated carbocycles. The van der Waals surface area contributed by atoms with Crippen molar-refractivity contribution >= 4 is 35.0 Å². The SMILES string of the molecule is CC(=O)c1ccccc1NC(=O)N(C)CCCN(C)C(=O)Nc1ccccc1C(C)=O. The standard InChI is InChI=1S/C23H28N4O4/c1-16(28)18-10-5-7-12-20(18)24-22(30)26(3)14-9-15-27(4)23(31)25-21-13-8-6-11-19(21)17(2)29/h5-8,10-13H,9,14-15H2,1-4H3,(H,24,30)(H,25,31). The van der Waals surface area contributed by atoms with E-state index in [1.165, 1.54) is 23.6 Å². The molecule has 0 radical (unpaired) electrons. The predicted molar refractivity (Wildman–Crippen MR) is 121 cm³/mol. The third kappa shape index (κ3) is 6.67. The fourth-order valence-corrected chi connectivity index (χ4v) is 2.97. The van der Waals surface area contributed by atoms with Crippen molar-refractivity contribution in [2.45, 2.75) is 20.3 Å². The summed E-state index contributed by atoms with van der Waals surface area (Å²) in [4.78, 5) is 51.2. The molecule has 31 heavy (non-hydrogen) atoms. The second-order valence-electron chi connectivity index (χ2n) is 7.26. The van der Waals surface area contributed by atoms with Crippen molar-refractivity contribution in [1.82, 2.24) is 9.80 Å². The van der Waals surface area contributed by atoms with Crippen molar-refractivity contribution < 1.29 is 19.2 Å². The maximum atomic E-state index is 12.4. The van der Waals surface area contributed by atoms with Crippen LogP contribution >= 0.6 is 0 Å². The van der Waals surface area contributed by atoms with Crippen molar-refractivity contribution in [2.24, 2.45) is 0 Å². The molecule has 0 aliphatic heterocycles. The second-order valence-corrected chi connectivity index (χ2v) is 7.26. The van der Waals surface area contributed by atoms with Crippen molar-refractivity contribution in [2.75, 3.05) is 37.8 Å². The summed E-state index contributed by atoms with van der Waals surface area (Å²) in [5, 5.41) is 5.49. The van der Waals surface area contributed by atoms with E-state index >= 15 is 0 Å². The lowest BCUT2D eigenvalue weighted by atomic mass is 10.1. The first kappa shape index (κ1) is 23.6. The molecule has 0 heterocycles. The Morgan fingerprint density at radius 1 is 0.677 bits per heavy atom. The molecule has 0 aromatic heterocycles. The Morgan fingerprint density at radius 2 is 1.03 bits per heavy atom. The first-order valence-electron chi connectivity index (χ1n) is 9.95. The molecule has 0 bridgehead atoms. The highest BCUT2D eigenvalue weighted by molar-refractivity contribution is 6.04. The molecule has 0 saturated heterocycles. The van der Waals surface area contributed by atoms with Gasteiger partial charge in [-0.15, -0.1) is 0 Å². The molecule has 0 aliphatic carbocycles. The van der Waals surface area contributed by atoms with Crippen LogP contribution in [0.1, 0.15) is 41.0 Å². The van der Waals surface area contributed by atoms with E-state index in [9.17, 15) is 19.2 Å². The largest absolute Gasteiger partial charge is 0.328 e. The second kappa shape index (κ2) is 10.9. The molecular weight excluding hydrogens is 396 g/mol. The lowest BCUT2D eigenvalue weighted by molar-refractivity contribution is 0.101. The van der Waals surface area contributed by atoms with E-state index in [0.717, 1.165) is 0 Å². The van der Waals surface area contributed by atoms with E-state index in [1.807, 2.05) is 0 Å². The number of para-hydroxylation sites is 2. The number of Topliss-reactive ketones (excluding diaryl/α,β-unsaturated/α-hetero) is 2. The van der Waals surface area contributed by atoms with Gasteiger partial charge in [-0.2, -0.15) is 0 Å². The van der Waals surface area contributed by atoms with Gasteiger partial charge in [0.15, 0.2) is 11.6 Å². The zero-order valence-electron chi connectivity index (χ0n) is 18.3. The number of carbonyl (C=O) groups excluding carboxylic acids is 4. The van der Waals surface area contributed by atoms with E-state index < -0.39 is 0 Å². The van der Waals surface area contributed by atoms with E-state index in [4.69, 9.17) is 0 Å². The van der Waals surface area contributed by atoms with Crippen LogP contribution in [0.15, 0.2) is 48.5 Å². The van der Waals surface area contributed by atoms with Crippen LogP contribution in [0.2, 0.25) is 0 Å². The van der Waals surface area contributed by atoms with Crippen molar-refractivity contribution in [1.29, 1.82) is 0 Å².